The third-order valence-electron chi connectivity index (χ3n) is 3.09. The summed E-state index contributed by atoms with van der Waals surface area (Å²) in [5.41, 5.74) is 1.07. The van der Waals surface area contributed by atoms with Gasteiger partial charge in [-0.25, -0.2) is 15.8 Å². The zero-order valence-electron chi connectivity index (χ0n) is 9.80. The first-order valence-electron chi connectivity index (χ1n) is 5.59. The fourth-order valence-corrected chi connectivity index (χ4v) is 1.81. The highest BCUT2D eigenvalue weighted by Gasteiger charge is 2.63. The zero-order chi connectivity index (χ0) is 13.4. The highest BCUT2D eigenvalue weighted by atomic mass is 19.4. The number of aromatic nitrogens is 2. The van der Waals surface area contributed by atoms with E-state index in [1.807, 2.05) is 0 Å². The number of nitrogens with zero attached hydrogens (tertiary/aromatic N) is 2. The number of hydrazine groups is 1. The van der Waals surface area contributed by atoms with Gasteiger partial charge in [0.15, 0.2) is 0 Å². The van der Waals surface area contributed by atoms with Crippen LogP contribution in [0.3, 0.4) is 0 Å². The molecule has 1 fully saturated rings. The van der Waals surface area contributed by atoms with Gasteiger partial charge in [0, 0.05) is 5.56 Å². The Labute approximate surface area is 102 Å². The molecular formula is C10H14F3N5. The van der Waals surface area contributed by atoms with Gasteiger partial charge < -0.3 is 10.7 Å². The minimum atomic E-state index is -4.28. The van der Waals surface area contributed by atoms with Crippen LogP contribution in [0.1, 0.15) is 25.3 Å². The molecule has 0 unspecified atom stereocenters. The van der Waals surface area contributed by atoms with Gasteiger partial charge in [-0.05, 0) is 19.3 Å². The van der Waals surface area contributed by atoms with E-state index in [4.69, 9.17) is 5.84 Å². The van der Waals surface area contributed by atoms with Crippen molar-refractivity contribution in [3.63, 3.8) is 0 Å². The molecule has 1 aliphatic rings. The molecule has 2 rings (SSSR count). The molecule has 0 spiro atoms. The maximum absolute atomic E-state index is 12.9. The van der Waals surface area contributed by atoms with E-state index >= 15 is 0 Å². The van der Waals surface area contributed by atoms with Gasteiger partial charge in [-0.1, -0.05) is 6.92 Å². The van der Waals surface area contributed by atoms with Crippen LogP contribution in [-0.2, 0) is 6.42 Å². The smallest absolute Gasteiger partial charge is 0.356 e. The predicted octanol–water partition coefficient (Wildman–Crippen LogP) is 1.83. The van der Waals surface area contributed by atoms with Gasteiger partial charge in [0.1, 0.15) is 23.5 Å². The number of anilines is 2. The number of alkyl halides is 3. The molecule has 0 bridgehead atoms. The molecule has 8 heteroatoms. The highest BCUT2D eigenvalue weighted by Crippen LogP contribution is 2.51. The molecule has 18 heavy (non-hydrogen) atoms. The molecule has 0 atom stereocenters. The molecule has 1 heterocycles. The molecule has 0 aliphatic heterocycles. The normalized spacial score (nSPS) is 17.4. The average molecular weight is 261 g/mol. The standard InChI is InChI=1S/C10H14F3N5/c1-2-6-7(15-5-16-8(6)18-14)17-9(3-4-9)10(11,12)13/h5H,2-4,14H2,1H3,(H2,15,16,17,18). The second kappa shape index (κ2) is 4.27. The monoisotopic (exact) mass is 261 g/mol. The van der Waals surface area contributed by atoms with Gasteiger partial charge in [0.25, 0.3) is 0 Å². The Morgan fingerprint density at radius 1 is 1.33 bits per heavy atom. The molecule has 1 aromatic heterocycles. The third kappa shape index (κ3) is 2.07. The molecular weight excluding hydrogens is 247 g/mol. The summed E-state index contributed by atoms with van der Waals surface area (Å²) in [6, 6.07) is 0. The Balaban J connectivity index is 2.30. The van der Waals surface area contributed by atoms with Crippen LogP contribution in [0.2, 0.25) is 0 Å². The van der Waals surface area contributed by atoms with Crippen molar-refractivity contribution < 1.29 is 13.2 Å². The van der Waals surface area contributed by atoms with E-state index in [1.165, 1.54) is 6.33 Å². The molecule has 0 amide bonds. The largest absolute Gasteiger partial charge is 0.411 e. The second-order valence-corrected chi connectivity index (χ2v) is 4.25. The summed E-state index contributed by atoms with van der Waals surface area (Å²) in [6.45, 7) is 1.80. The summed E-state index contributed by atoms with van der Waals surface area (Å²) in [7, 11) is 0. The number of rotatable bonds is 4. The third-order valence-corrected chi connectivity index (χ3v) is 3.09. The fraction of sp³-hybridized carbons (Fsp3) is 0.600. The van der Waals surface area contributed by atoms with Crippen LogP contribution in [0.25, 0.3) is 0 Å². The van der Waals surface area contributed by atoms with E-state index in [2.05, 4.69) is 20.7 Å². The van der Waals surface area contributed by atoms with Gasteiger partial charge in [0.05, 0.1) is 0 Å². The van der Waals surface area contributed by atoms with Crippen molar-refractivity contribution in [1.29, 1.82) is 0 Å². The first-order valence-corrected chi connectivity index (χ1v) is 5.59. The molecule has 0 saturated heterocycles. The van der Waals surface area contributed by atoms with Crippen molar-refractivity contribution in [3.05, 3.63) is 11.9 Å². The maximum Gasteiger partial charge on any atom is 0.411 e. The van der Waals surface area contributed by atoms with Gasteiger partial charge in [-0.2, -0.15) is 13.2 Å². The SMILES string of the molecule is CCc1c(NN)ncnc1NC1(C(F)(F)F)CC1. The number of nitrogens with one attached hydrogen (secondary N) is 2. The molecule has 0 radical (unpaired) electrons. The van der Waals surface area contributed by atoms with Crippen LogP contribution in [0, 0.1) is 0 Å². The van der Waals surface area contributed by atoms with E-state index in [9.17, 15) is 13.2 Å². The first-order chi connectivity index (χ1) is 8.43. The second-order valence-electron chi connectivity index (χ2n) is 4.25. The van der Waals surface area contributed by atoms with E-state index < -0.39 is 11.7 Å². The number of hydrogen-bond donors (Lipinski definition) is 3. The van der Waals surface area contributed by atoms with Crippen molar-refractivity contribution in [1.82, 2.24) is 9.97 Å². The van der Waals surface area contributed by atoms with Crippen LogP contribution >= 0.6 is 0 Å². The van der Waals surface area contributed by atoms with Crippen molar-refractivity contribution in [2.45, 2.75) is 37.9 Å². The highest BCUT2D eigenvalue weighted by molar-refractivity contribution is 5.58. The van der Waals surface area contributed by atoms with Crippen LogP contribution in [0.15, 0.2) is 6.33 Å². The van der Waals surface area contributed by atoms with Gasteiger partial charge in [-0.3, -0.25) is 0 Å². The van der Waals surface area contributed by atoms with Crippen molar-refractivity contribution in [2.75, 3.05) is 10.7 Å². The Kier molecular flexibility index (Phi) is 3.05. The topological polar surface area (TPSA) is 75.9 Å². The van der Waals surface area contributed by atoms with Crippen LogP contribution in [-0.4, -0.2) is 21.7 Å². The van der Waals surface area contributed by atoms with Crippen LogP contribution in [0.5, 0.6) is 0 Å². The van der Waals surface area contributed by atoms with E-state index in [-0.39, 0.29) is 18.7 Å². The quantitative estimate of drug-likeness (QED) is 0.569. The van der Waals surface area contributed by atoms with Gasteiger partial charge in [0.2, 0.25) is 0 Å². The summed E-state index contributed by atoms with van der Waals surface area (Å²) in [5.74, 6) is 5.80. The Morgan fingerprint density at radius 2 is 1.94 bits per heavy atom. The van der Waals surface area contributed by atoms with E-state index in [0.717, 1.165) is 0 Å². The molecule has 4 N–H and O–H groups in total. The lowest BCUT2D eigenvalue weighted by atomic mass is 10.2. The Bertz CT molecular complexity index is 442. The van der Waals surface area contributed by atoms with E-state index in [1.54, 1.807) is 6.92 Å². The van der Waals surface area contributed by atoms with Crippen LogP contribution in [0.4, 0.5) is 24.8 Å². The Hall–Kier alpha value is -1.57. The lowest BCUT2D eigenvalue weighted by molar-refractivity contribution is -0.151. The number of nitrogens with two attached hydrogens (primary N) is 1. The van der Waals surface area contributed by atoms with Crippen molar-refractivity contribution >= 4 is 11.6 Å². The van der Waals surface area contributed by atoms with Gasteiger partial charge >= 0.3 is 6.18 Å². The summed E-state index contributed by atoms with van der Waals surface area (Å²) < 4.78 is 38.6. The molecule has 5 nitrogen and oxygen atoms in total. The Morgan fingerprint density at radius 3 is 2.39 bits per heavy atom. The first kappa shape index (κ1) is 12.9. The fourth-order valence-electron chi connectivity index (χ4n) is 1.81. The molecule has 0 aromatic carbocycles. The molecule has 1 saturated carbocycles. The van der Waals surface area contributed by atoms with Crippen LogP contribution < -0.4 is 16.6 Å². The minimum absolute atomic E-state index is 0.0645. The molecule has 1 aromatic rings. The summed E-state index contributed by atoms with van der Waals surface area (Å²) >= 11 is 0. The molecule has 1 aliphatic carbocycles. The number of halogens is 3. The summed E-state index contributed by atoms with van der Waals surface area (Å²) in [4.78, 5) is 7.75. The number of hydrogen-bond acceptors (Lipinski definition) is 5. The van der Waals surface area contributed by atoms with Crippen molar-refractivity contribution in [2.24, 2.45) is 5.84 Å². The molecule has 100 valence electrons. The summed E-state index contributed by atoms with van der Waals surface area (Å²) in [5, 5.41) is 2.49. The zero-order valence-corrected chi connectivity index (χ0v) is 9.80. The van der Waals surface area contributed by atoms with Crippen molar-refractivity contribution in [3.8, 4) is 0 Å². The van der Waals surface area contributed by atoms with Gasteiger partial charge in [-0.15, -0.1) is 0 Å². The summed E-state index contributed by atoms with van der Waals surface area (Å²) in [6.07, 6.45) is -2.48. The lowest BCUT2D eigenvalue weighted by Gasteiger charge is -2.23. The minimum Gasteiger partial charge on any atom is -0.356 e. The lowest BCUT2D eigenvalue weighted by Crippen LogP contribution is -2.39. The number of nitrogen functional groups attached to an aromatic ring is 1. The predicted molar refractivity (Wildman–Crippen MR) is 60.9 cm³/mol. The van der Waals surface area contributed by atoms with E-state index in [0.29, 0.717) is 17.8 Å². The average Bonchev–Trinajstić information content (AvgIpc) is 3.09. The maximum atomic E-state index is 12.9.